The number of thiophene rings is 1. The topological polar surface area (TPSA) is 76.6 Å². The van der Waals surface area contributed by atoms with Crippen molar-refractivity contribution >= 4 is 44.7 Å². The zero-order chi connectivity index (χ0) is 19.3. The summed E-state index contributed by atoms with van der Waals surface area (Å²) in [5.41, 5.74) is 1.41. The summed E-state index contributed by atoms with van der Waals surface area (Å²) in [5.74, 6) is 0.259. The van der Waals surface area contributed by atoms with E-state index in [1.54, 1.807) is 6.07 Å². The van der Waals surface area contributed by atoms with Gasteiger partial charge in [-0.3, -0.25) is 0 Å². The summed E-state index contributed by atoms with van der Waals surface area (Å²) in [5, 5.41) is 4.02. The molecule has 28 heavy (non-hydrogen) atoms. The number of piperidine rings is 1. The molecule has 0 radical (unpaired) electrons. The Morgan fingerprint density at radius 3 is 2.96 bits per heavy atom. The SMILES string of the molecule is COC(=O)c1sc2ncnc3c2c1N1CCC(CC1)Oc1cc(F)ccc1N3. The Labute approximate surface area is 164 Å². The molecule has 3 aliphatic heterocycles. The lowest BCUT2D eigenvalue weighted by Crippen LogP contribution is -2.38. The van der Waals surface area contributed by atoms with E-state index in [-0.39, 0.29) is 17.9 Å². The van der Waals surface area contributed by atoms with Crippen LogP contribution in [-0.2, 0) is 4.74 Å². The van der Waals surface area contributed by atoms with E-state index in [1.165, 1.54) is 36.9 Å². The van der Waals surface area contributed by atoms with E-state index in [0.29, 0.717) is 40.1 Å². The number of halogens is 1. The van der Waals surface area contributed by atoms with Crippen molar-refractivity contribution in [3.8, 4) is 5.75 Å². The first-order valence-electron chi connectivity index (χ1n) is 8.98. The number of fused-ring (bicyclic) bond motifs is 2. The van der Waals surface area contributed by atoms with Gasteiger partial charge in [-0.1, -0.05) is 0 Å². The van der Waals surface area contributed by atoms with Crippen LogP contribution in [0.1, 0.15) is 22.5 Å². The van der Waals surface area contributed by atoms with E-state index in [4.69, 9.17) is 9.47 Å². The summed E-state index contributed by atoms with van der Waals surface area (Å²) in [6.45, 7) is 1.42. The number of methoxy groups -OCH3 is 1. The van der Waals surface area contributed by atoms with Crippen LogP contribution in [0.25, 0.3) is 10.2 Å². The maximum absolute atomic E-state index is 13.8. The lowest BCUT2D eigenvalue weighted by atomic mass is 10.1. The molecule has 1 N–H and O–H groups in total. The third-order valence-electron chi connectivity index (χ3n) is 5.08. The van der Waals surface area contributed by atoms with Crippen LogP contribution >= 0.6 is 11.3 Å². The van der Waals surface area contributed by atoms with Gasteiger partial charge < -0.3 is 19.7 Å². The monoisotopic (exact) mass is 400 g/mol. The van der Waals surface area contributed by atoms with E-state index >= 15 is 0 Å². The van der Waals surface area contributed by atoms with Crippen molar-refractivity contribution in [3.05, 3.63) is 35.2 Å². The highest BCUT2D eigenvalue weighted by atomic mass is 32.1. The number of anilines is 3. The van der Waals surface area contributed by atoms with E-state index in [9.17, 15) is 9.18 Å². The maximum Gasteiger partial charge on any atom is 0.350 e. The Hall–Kier alpha value is -2.94. The van der Waals surface area contributed by atoms with Gasteiger partial charge in [-0.15, -0.1) is 11.3 Å². The molecule has 1 saturated heterocycles. The number of carbonyl (C=O) groups excluding carboxylic acids is 1. The molecule has 0 unspecified atom stereocenters. The fourth-order valence-electron chi connectivity index (χ4n) is 3.75. The summed E-state index contributed by atoms with van der Waals surface area (Å²) < 4.78 is 25.0. The number of ether oxygens (including phenoxy) is 2. The zero-order valence-electron chi connectivity index (χ0n) is 15.1. The van der Waals surface area contributed by atoms with Gasteiger partial charge in [0.15, 0.2) is 0 Å². The molecular formula is C19H17FN4O3S. The number of carbonyl (C=O) groups is 1. The second-order valence-corrected chi connectivity index (χ2v) is 7.74. The van der Waals surface area contributed by atoms with Crippen LogP contribution in [0, 0.1) is 5.82 Å². The molecule has 7 nitrogen and oxygen atoms in total. The highest BCUT2D eigenvalue weighted by Gasteiger charge is 2.31. The van der Waals surface area contributed by atoms with Gasteiger partial charge in [0.2, 0.25) is 0 Å². The molecule has 5 heterocycles. The van der Waals surface area contributed by atoms with Gasteiger partial charge in [-0.05, 0) is 12.1 Å². The minimum absolute atomic E-state index is 0.0263. The Morgan fingerprint density at radius 2 is 2.18 bits per heavy atom. The molecule has 3 aliphatic rings. The fraction of sp³-hybridized carbons (Fsp3) is 0.316. The van der Waals surface area contributed by atoms with Crippen molar-refractivity contribution in [2.24, 2.45) is 0 Å². The van der Waals surface area contributed by atoms with Crippen LogP contribution in [0.15, 0.2) is 24.5 Å². The van der Waals surface area contributed by atoms with Crippen molar-refractivity contribution in [1.29, 1.82) is 0 Å². The minimum atomic E-state index is -0.389. The molecular weight excluding hydrogens is 383 g/mol. The number of esters is 1. The molecule has 3 aromatic rings. The van der Waals surface area contributed by atoms with Crippen LogP contribution in [0.2, 0.25) is 0 Å². The molecule has 144 valence electrons. The third-order valence-corrected chi connectivity index (χ3v) is 6.15. The summed E-state index contributed by atoms with van der Waals surface area (Å²) in [6.07, 6.45) is 2.94. The van der Waals surface area contributed by atoms with Gasteiger partial charge in [0.25, 0.3) is 0 Å². The van der Waals surface area contributed by atoms with Crippen molar-refractivity contribution < 1.29 is 18.7 Å². The quantitative estimate of drug-likeness (QED) is 0.624. The Bertz CT molecular complexity index is 1080. The zero-order valence-corrected chi connectivity index (χ0v) is 15.9. The molecule has 9 heteroatoms. The standard InChI is InChI=1S/C19H17FN4O3S/c1-26-19(25)16-15-14-17(21-9-22-18(14)28-16)23-12-3-2-10(20)8-13(12)27-11-4-6-24(15)7-5-11/h2-3,8-9,11H,4-7H2,1H3,(H,21,22,23). The van der Waals surface area contributed by atoms with Crippen LogP contribution in [-0.4, -0.2) is 42.2 Å². The lowest BCUT2D eigenvalue weighted by molar-refractivity contribution is 0.0607. The van der Waals surface area contributed by atoms with Crippen LogP contribution in [0.5, 0.6) is 5.75 Å². The Balaban J connectivity index is 1.77. The lowest BCUT2D eigenvalue weighted by Gasteiger charge is -2.33. The molecule has 0 aliphatic carbocycles. The predicted molar refractivity (Wildman–Crippen MR) is 104 cm³/mol. The van der Waals surface area contributed by atoms with Gasteiger partial charge in [-0.2, -0.15) is 0 Å². The van der Waals surface area contributed by atoms with Gasteiger partial charge in [0, 0.05) is 32.0 Å². The first kappa shape index (κ1) is 17.2. The molecule has 0 spiro atoms. The highest BCUT2D eigenvalue weighted by Crippen LogP contribution is 2.44. The highest BCUT2D eigenvalue weighted by molar-refractivity contribution is 7.21. The van der Waals surface area contributed by atoms with E-state index < -0.39 is 0 Å². The summed E-state index contributed by atoms with van der Waals surface area (Å²) in [7, 11) is 1.38. The number of hydrogen-bond donors (Lipinski definition) is 1. The Morgan fingerprint density at radius 1 is 1.36 bits per heavy atom. The molecule has 0 atom stereocenters. The number of hydrogen-bond acceptors (Lipinski definition) is 8. The summed E-state index contributed by atoms with van der Waals surface area (Å²) in [4.78, 5) is 24.6. The first-order chi connectivity index (χ1) is 13.6. The maximum atomic E-state index is 13.8. The largest absolute Gasteiger partial charge is 0.488 e. The Kier molecular flexibility index (Phi) is 4.04. The molecule has 2 aromatic heterocycles. The number of rotatable bonds is 1. The van der Waals surface area contributed by atoms with Crippen LogP contribution in [0.4, 0.5) is 21.6 Å². The van der Waals surface area contributed by atoms with Crippen molar-refractivity contribution in [2.45, 2.75) is 18.9 Å². The molecule has 1 fully saturated rings. The van der Waals surface area contributed by atoms with Crippen LogP contribution in [0.3, 0.4) is 0 Å². The molecule has 6 rings (SSSR count). The fourth-order valence-corrected chi connectivity index (χ4v) is 4.83. The summed E-state index contributed by atoms with van der Waals surface area (Å²) >= 11 is 1.29. The molecule has 1 aromatic carbocycles. The van der Waals surface area contributed by atoms with Gasteiger partial charge in [-0.25, -0.2) is 19.2 Å². The van der Waals surface area contributed by atoms with Gasteiger partial charge in [0.05, 0.1) is 23.9 Å². The van der Waals surface area contributed by atoms with Crippen LogP contribution < -0.4 is 15.0 Å². The summed E-state index contributed by atoms with van der Waals surface area (Å²) in [6, 6.07) is 4.40. The number of nitrogens with zero attached hydrogens (tertiary/aromatic N) is 3. The molecule has 2 bridgehead atoms. The normalized spacial score (nSPS) is 16.1. The predicted octanol–water partition coefficient (Wildman–Crippen LogP) is 3.72. The minimum Gasteiger partial charge on any atom is -0.488 e. The second-order valence-electron chi connectivity index (χ2n) is 6.74. The smallest absolute Gasteiger partial charge is 0.350 e. The van der Waals surface area contributed by atoms with E-state index in [1.807, 2.05) is 0 Å². The number of benzene rings is 1. The first-order valence-corrected chi connectivity index (χ1v) is 9.79. The van der Waals surface area contributed by atoms with E-state index in [2.05, 4.69) is 20.2 Å². The van der Waals surface area contributed by atoms with E-state index in [0.717, 1.165) is 23.9 Å². The number of nitrogens with one attached hydrogen (secondary N) is 1. The second kappa shape index (κ2) is 6.59. The van der Waals surface area contributed by atoms with Crippen molar-refractivity contribution in [1.82, 2.24) is 9.97 Å². The third kappa shape index (κ3) is 2.73. The average molecular weight is 400 g/mol. The van der Waals surface area contributed by atoms with Crippen molar-refractivity contribution in [3.63, 3.8) is 0 Å². The van der Waals surface area contributed by atoms with Gasteiger partial charge in [0.1, 0.15) is 39.5 Å². The van der Waals surface area contributed by atoms with Gasteiger partial charge >= 0.3 is 5.97 Å². The average Bonchev–Trinajstić information content (AvgIpc) is 3.08. The van der Waals surface area contributed by atoms with Crippen molar-refractivity contribution in [2.75, 3.05) is 30.4 Å². The molecule has 0 saturated carbocycles. The number of aromatic nitrogens is 2. The molecule has 0 amide bonds.